The fraction of sp³-hybridized carbons (Fsp3) is 0.333. The zero-order valence-corrected chi connectivity index (χ0v) is 7.32. The zero-order valence-electron chi connectivity index (χ0n) is 6.43. The molecule has 0 saturated heterocycles. The van der Waals surface area contributed by atoms with Crippen LogP contribution in [0.4, 0.5) is 0 Å². The van der Waals surface area contributed by atoms with Crippen LogP contribution >= 0.6 is 12.6 Å². The average Bonchev–Trinajstić information content (AvgIpc) is 1.88. The molecule has 0 aliphatic heterocycles. The summed E-state index contributed by atoms with van der Waals surface area (Å²) in [5.41, 5.74) is 2.28. The summed E-state index contributed by atoms with van der Waals surface area (Å²) >= 11 is 4.10. The Labute approximate surface area is 68.7 Å². The topological polar surface area (TPSA) is 0 Å². The molecule has 0 aliphatic rings. The Bertz CT molecular complexity index is 154. The Morgan fingerprint density at radius 2 is 2.20 bits per heavy atom. The minimum absolute atomic E-state index is 0.861. The monoisotopic (exact) mass is 154 g/mol. The summed E-state index contributed by atoms with van der Waals surface area (Å²) in [6.45, 7) is 9.52. The number of allylic oxidation sites excluding steroid dienone is 4. The van der Waals surface area contributed by atoms with Crippen LogP contribution in [0, 0.1) is 0 Å². The van der Waals surface area contributed by atoms with Gasteiger partial charge >= 0.3 is 0 Å². The summed E-state index contributed by atoms with van der Waals surface area (Å²) in [4.78, 5) is 0. The van der Waals surface area contributed by atoms with Crippen LogP contribution in [-0.2, 0) is 0 Å². The normalized spacial score (nSPS) is 11.2. The molecule has 56 valence electrons. The molecule has 0 rings (SSSR count). The van der Waals surface area contributed by atoms with E-state index in [1.165, 1.54) is 0 Å². The van der Waals surface area contributed by atoms with Gasteiger partial charge in [0.25, 0.3) is 0 Å². The standard InChI is InChI=1S/C9H14S/c1-4-8(2)7-9(3)5-6-10/h4,7,10H,1,3,5-6H2,2H3/b8-7-. The molecule has 1 heteroatoms. The maximum atomic E-state index is 4.10. The van der Waals surface area contributed by atoms with Gasteiger partial charge in [-0.05, 0) is 19.1 Å². The van der Waals surface area contributed by atoms with Crippen molar-refractivity contribution in [3.05, 3.63) is 36.5 Å². The van der Waals surface area contributed by atoms with Crippen LogP contribution in [0.2, 0.25) is 0 Å². The SMILES string of the molecule is C=C/C(C)=C\C(=C)CCS. The van der Waals surface area contributed by atoms with Gasteiger partial charge in [-0.25, -0.2) is 0 Å². The molecule has 0 amide bonds. The van der Waals surface area contributed by atoms with Gasteiger partial charge in [0.05, 0.1) is 0 Å². The summed E-state index contributed by atoms with van der Waals surface area (Å²) in [6.07, 6.45) is 4.81. The van der Waals surface area contributed by atoms with E-state index in [4.69, 9.17) is 0 Å². The van der Waals surface area contributed by atoms with E-state index in [0.717, 1.165) is 23.3 Å². The molecule has 10 heavy (non-hydrogen) atoms. The first-order valence-electron chi connectivity index (χ1n) is 3.30. The molecule has 0 aromatic heterocycles. The highest BCUT2D eigenvalue weighted by Crippen LogP contribution is 2.05. The Kier molecular flexibility index (Phi) is 5.13. The van der Waals surface area contributed by atoms with Crippen LogP contribution in [0.25, 0.3) is 0 Å². The largest absolute Gasteiger partial charge is 0.179 e. The fourth-order valence-corrected chi connectivity index (χ4v) is 0.884. The van der Waals surface area contributed by atoms with Gasteiger partial charge in [-0.3, -0.25) is 0 Å². The van der Waals surface area contributed by atoms with Gasteiger partial charge in [0.2, 0.25) is 0 Å². The third-order valence-electron chi connectivity index (χ3n) is 1.19. The molecule has 0 saturated carbocycles. The van der Waals surface area contributed by atoms with E-state index in [2.05, 4.69) is 25.8 Å². The van der Waals surface area contributed by atoms with E-state index in [9.17, 15) is 0 Å². The van der Waals surface area contributed by atoms with E-state index in [-0.39, 0.29) is 0 Å². The van der Waals surface area contributed by atoms with Crippen molar-refractivity contribution in [3.63, 3.8) is 0 Å². The van der Waals surface area contributed by atoms with Crippen molar-refractivity contribution in [1.29, 1.82) is 0 Å². The van der Waals surface area contributed by atoms with E-state index >= 15 is 0 Å². The molecule has 0 nitrogen and oxygen atoms in total. The third-order valence-corrected chi connectivity index (χ3v) is 1.41. The van der Waals surface area contributed by atoms with Gasteiger partial charge in [0.1, 0.15) is 0 Å². The van der Waals surface area contributed by atoms with Crippen LogP contribution < -0.4 is 0 Å². The maximum Gasteiger partial charge on any atom is -0.00576 e. The fourth-order valence-electron chi connectivity index (χ4n) is 0.597. The molecule has 0 heterocycles. The number of rotatable bonds is 4. The second-order valence-electron chi connectivity index (χ2n) is 2.22. The van der Waals surface area contributed by atoms with Gasteiger partial charge in [-0.1, -0.05) is 36.5 Å². The van der Waals surface area contributed by atoms with Gasteiger partial charge in [0.15, 0.2) is 0 Å². The summed E-state index contributed by atoms with van der Waals surface area (Å²) in [6, 6.07) is 0. The van der Waals surface area contributed by atoms with Crippen molar-refractivity contribution < 1.29 is 0 Å². The van der Waals surface area contributed by atoms with E-state index in [1.807, 2.05) is 19.1 Å². The lowest BCUT2D eigenvalue weighted by Gasteiger charge is -1.95. The zero-order chi connectivity index (χ0) is 7.98. The van der Waals surface area contributed by atoms with Crippen LogP contribution in [-0.4, -0.2) is 5.75 Å². The van der Waals surface area contributed by atoms with Gasteiger partial charge < -0.3 is 0 Å². The summed E-state index contributed by atoms with van der Waals surface area (Å²) in [5.74, 6) is 0.861. The van der Waals surface area contributed by atoms with Crippen molar-refractivity contribution >= 4 is 12.6 Å². The molecule has 0 N–H and O–H groups in total. The Morgan fingerprint density at radius 3 is 2.60 bits per heavy atom. The first kappa shape index (κ1) is 9.57. The molecule has 0 aliphatic carbocycles. The quantitative estimate of drug-likeness (QED) is 0.467. The number of thiol groups is 1. The lowest BCUT2D eigenvalue weighted by Crippen LogP contribution is -1.78. The van der Waals surface area contributed by atoms with Crippen molar-refractivity contribution in [1.82, 2.24) is 0 Å². The Morgan fingerprint density at radius 1 is 1.60 bits per heavy atom. The van der Waals surface area contributed by atoms with Gasteiger partial charge in [-0.15, -0.1) is 0 Å². The highest BCUT2D eigenvalue weighted by Gasteiger charge is 1.86. The van der Waals surface area contributed by atoms with Crippen LogP contribution in [0.1, 0.15) is 13.3 Å². The van der Waals surface area contributed by atoms with Crippen LogP contribution in [0.5, 0.6) is 0 Å². The molecular weight excluding hydrogens is 140 g/mol. The second-order valence-corrected chi connectivity index (χ2v) is 2.67. The van der Waals surface area contributed by atoms with Gasteiger partial charge in [0, 0.05) is 0 Å². The number of hydrogen-bond acceptors (Lipinski definition) is 1. The minimum atomic E-state index is 0.861. The van der Waals surface area contributed by atoms with Crippen molar-refractivity contribution in [2.24, 2.45) is 0 Å². The second kappa shape index (κ2) is 5.36. The first-order valence-corrected chi connectivity index (χ1v) is 3.93. The maximum absolute atomic E-state index is 4.10. The first-order chi connectivity index (χ1) is 4.70. The molecule has 0 bridgehead atoms. The lowest BCUT2D eigenvalue weighted by molar-refractivity contribution is 1.17. The molecule has 0 spiro atoms. The Balaban J connectivity index is 3.86. The van der Waals surface area contributed by atoms with Crippen LogP contribution in [0.3, 0.4) is 0 Å². The molecule has 0 aromatic rings. The predicted molar refractivity (Wildman–Crippen MR) is 51.6 cm³/mol. The van der Waals surface area contributed by atoms with Crippen molar-refractivity contribution in [3.8, 4) is 0 Å². The molecule has 0 radical (unpaired) electrons. The highest BCUT2D eigenvalue weighted by molar-refractivity contribution is 7.80. The Hall–Kier alpha value is -0.430. The third kappa shape index (κ3) is 4.45. The number of hydrogen-bond donors (Lipinski definition) is 1. The van der Waals surface area contributed by atoms with E-state index < -0.39 is 0 Å². The molecule has 0 atom stereocenters. The van der Waals surface area contributed by atoms with E-state index in [0.29, 0.717) is 0 Å². The lowest BCUT2D eigenvalue weighted by atomic mass is 10.1. The molecule has 0 fully saturated rings. The minimum Gasteiger partial charge on any atom is -0.179 e. The van der Waals surface area contributed by atoms with Crippen molar-refractivity contribution in [2.75, 3.05) is 5.75 Å². The average molecular weight is 154 g/mol. The smallest absolute Gasteiger partial charge is 0.00576 e. The predicted octanol–water partition coefficient (Wildman–Crippen LogP) is 2.99. The summed E-state index contributed by atoms with van der Waals surface area (Å²) in [5, 5.41) is 0. The summed E-state index contributed by atoms with van der Waals surface area (Å²) < 4.78 is 0. The van der Waals surface area contributed by atoms with Gasteiger partial charge in [-0.2, -0.15) is 12.6 Å². The van der Waals surface area contributed by atoms with Crippen molar-refractivity contribution in [2.45, 2.75) is 13.3 Å². The van der Waals surface area contributed by atoms with E-state index in [1.54, 1.807) is 0 Å². The summed E-state index contributed by atoms with van der Waals surface area (Å²) in [7, 11) is 0. The molecule has 0 aromatic carbocycles. The van der Waals surface area contributed by atoms with Crippen LogP contribution in [0.15, 0.2) is 36.5 Å². The molecular formula is C9H14S. The molecule has 0 unspecified atom stereocenters. The highest BCUT2D eigenvalue weighted by atomic mass is 32.1.